The zero-order chi connectivity index (χ0) is 25.6. The van der Waals surface area contributed by atoms with E-state index in [0.717, 1.165) is 62.9 Å². The van der Waals surface area contributed by atoms with Crippen molar-refractivity contribution in [1.82, 2.24) is 0 Å². The van der Waals surface area contributed by atoms with Crippen LogP contribution < -0.4 is 4.90 Å². The molecule has 0 saturated carbocycles. The van der Waals surface area contributed by atoms with Crippen molar-refractivity contribution in [1.29, 1.82) is 0 Å². The SMILES string of the molecule is CCC1(COCCCCCCCCOCc2ccc(N(c3ccccc3)c3ccccc3)cc2)COC1. The van der Waals surface area contributed by atoms with Gasteiger partial charge in [-0.15, -0.1) is 0 Å². The van der Waals surface area contributed by atoms with Gasteiger partial charge in [0.1, 0.15) is 0 Å². The molecule has 3 aromatic carbocycles. The summed E-state index contributed by atoms with van der Waals surface area (Å²) in [6.45, 7) is 7.22. The first-order valence-electron chi connectivity index (χ1n) is 14.0. The smallest absolute Gasteiger partial charge is 0.0716 e. The molecule has 1 heterocycles. The van der Waals surface area contributed by atoms with Crippen LogP contribution in [0.4, 0.5) is 17.1 Å². The van der Waals surface area contributed by atoms with Gasteiger partial charge in [0.05, 0.1) is 26.4 Å². The monoisotopic (exact) mass is 501 g/mol. The molecule has 0 atom stereocenters. The molecular weight excluding hydrogens is 458 g/mol. The normalized spacial score (nSPS) is 14.3. The molecule has 1 aliphatic rings. The number of hydrogen-bond donors (Lipinski definition) is 0. The average molecular weight is 502 g/mol. The Morgan fingerprint density at radius 3 is 1.68 bits per heavy atom. The molecule has 198 valence electrons. The number of ether oxygens (including phenoxy) is 3. The van der Waals surface area contributed by atoms with Crippen LogP contribution in [0.1, 0.15) is 57.4 Å². The van der Waals surface area contributed by atoms with E-state index in [-0.39, 0.29) is 0 Å². The molecule has 37 heavy (non-hydrogen) atoms. The lowest BCUT2D eigenvalue weighted by Crippen LogP contribution is -2.45. The first-order chi connectivity index (χ1) is 18.3. The third-order valence-corrected chi connectivity index (χ3v) is 7.29. The maximum atomic E-state index is 5.96. The topological polar surface area (TPSA) is 30.9 Å². The van der Waals surface area contributed by atoms with E-state index in [9.17, 15) is 0 Å². The summed E-state index contributed by atoms with van der Waals surface area (Å²) in [4.78, 5) is 2.28. The molecule has 3 aromatic rings. The van der Waals surface area contributed by atoms with Crippen LogP contribution in [0.5, 0.6) is 0 Å². The van der Waals surface area contributed by atoms with E-state index in [2.05, 4.69) is 96.8 Å². The van der Waals surface area contributed by atoms with Crippen LogP contribution in [0.15, 0.2) is 84.9 Å². The molecule has 1 aliphatic heterocycles. The number of nitrogens with zero attached hydrogens (tertiary/aromatic N) is 1. The molecule has 0 radical (unpaired) electrons. The molecule has 0 unspecified atom stereocenters. The van der Waals surface area contributed by atoms with Gasteiger partial charge in [0.2, 0.25) is 0 Å². The predicted octanol–water partition coefficient (Wildman–Crippen LogP) is 8.46. The summed E-state index contributed by atoms with van der Waals surface area (Å²) in [6, 6.07) is 29.7. The Kier molecular flexibility index (Phi) is 11.0. The zero-order valence-corrected chi connectivity index (χ0v) is 22.4. The van der Waals surface area contributed by atoms with E-state index < -0.39 is 0 Å². The highest BCUT2D eigenvalue weighted by Crippen LogP contribution is 2.34. The number of anilines is 3. The van der Waals surface area contributed by atoms with Crippen molar-refractivity contribution in [2.75, 3.05) is 37.9 Å². The minimum Gasteiger partial charge on any atom is -0.381 e. The third-order valence-electron chi connectivity index (χ3n) is 7.29. The second-order valence-electron chi connectivity index (χ2n) is 10.2. The fourth-order valence-corrected chi connectivity index (χ4v) is 4.72. The van der Waals surface area contributed by atoms with Crippen LogP contribution >= 0.6 is 0 Å². The number of unbranched alkanes of at least 4 members (excludes halogenated alkanes) is 5. The van der Waals surface area contributed by atoms with E-state index in [1.807, 2.05) is 0 Å². The van der Waals surface area contributed by atoms with E-state index >= 15 is 0 Å². The summed E-state index contributed by atoms with van der Waals surface area (Å²) in [5.41, 5.74) is 4.97. The standard InChI is InChI=1S/C33H43NO3/c1-2-33(27-37-28-33)26-36-24-14-6-4-3-5-13-23-35-25-29-19-21-32(22-20-29)34(30-15-9-7-10-16-30)31-17-11-8-12-18-31/h7-12,15-22H,2-6,13-14,23-28H2,1H3. The van der Waals surface area contributed by atoms with Crippen molar-refractivity contribution < 1.29 is 14.2 Å². The van der Waals surface area contributed by atoms with Crippen molar-refractivity contribution in [3.63, 3.8) is 0 Å². The summed E-state index contributed by atoms with van der Waals surface area (Å²) >= 11 is 0. The van der Waals surface area contributed by atoms with Gasteiger partial charge < -0.3 is 19.1 Å². The number of para-hydroxylation sites is 2. The second-order valence-corrected chi connectivity index (χ2v) is 10.2. The van der Waals surface area contributed by atoms with Gasteiger partial charge in [-0.05, 0) is 61.2 Å². The maximum absolute atomic E-state index is 5.96. The molecule has 0 aromatic heterocycles. The number of rotatable bonds is 17. The Morgan fingerprint density at radius 2 is 1.16 bits per heavy atom. The Bertz CT molecular complexity index is 958. The highest BCUT2D eigenvalue weighted by Gasteiger charge is 2.36. The van der Waals surface area contributed by atoms with Crippen LogP contribution in [0, 0.1) is 5.41 Å². The van der Waals surface area contributed by atoms with E-state index in [1.165, 1.54) is 37.7 Å². The second kappa shape index (κ2) is 14.9. The summed E-state index contributed by atoms with van der Waals surface area (Å²) in [5, 5.41) is 0. The Labute approximate surface area is 223 Å². The lowest BCUT2D eigenvalue weighted by molar-refractivity contribution is -0.150. The van der Waals surface area contributed by atoms with Crippen LogP contribution in [-0.2, 0) is 20.8 Å². The maximum Gasteiger partial charge on any atom is 0.0716 e. The first-order valence-corrected chi connectivity index (χ1v) is 14.0. The van der Waals surface area contributed by atoms with Gasteiger partial charge in [0, 0.05) is 35.7 Å². The summed E-state index contributed by atoms with van der Waals surface area (Å²) < 4.78 is 17.2. The molecule has 4 nitrogen and oxygen atoms in total. The molecule has 0 amide bonds. The molecular formula is C33H43NO3. The van der Waals surface area contributed by atoms with Gasteiger partial charge >= 0.3 is 0 Å². The molecule has 0 bridgehead atoms. The molecule has 1 saturated heterocycles. The molecule has 4 heteroatoms. The van der Waals surface area contributed by atoms with Crippen LogP contribution in [0.2, 0.25) is 0 Å². The minimum absolute atomic E-state index is 0.312. The van der Waals surface area contributed by atoms with Gasteiger partial charge in [0.15, 0.2) is 0 Å². The van der Waals surface area contributed by atoms with Crippen LogP contribution in [0.3, 0.4) is 0 Å². The number of benzene rings is 3. The lowest BCUT2D eigenvalue weighted by Gasteiger charge is -2.40. The van der Waals surface area contributed by atoms with Crippen molar-refractivity contribution >= 4 is 17.1 Å². The minimum atomic E-state index is 0.312. The van der Waals surface area contributed by atoms with Gasteiger partial charge in [-0.25, -0.2) is 0 Å². The van der Waals surface area contributed by atoms with Crippen LogP contribution in [0.25, 0.3) is 0 Å². The summed E-state index contributed by atoms with van der Waals surface area (Å²) in [6.07, 6.45) is 8.50. The van der Waals surface area contributed by atoms with Gasteiger partial charge in [-0.3, -0.25) is 0 Å². The summed E-state index contributed by atoms with van der Waals surface area (Å²) in [5.74, 6) is 0. The Hall–Kier alpha value is -2.66. The van der Waals surface area contributed by atoms with Gasteiger partial charge in [0.25, 0.3) is 0 Å². The lowest BCUT2D eigenvalue weighted by atomic mass is 9.84. The highest BCUT2D eigenvalue weighted by molar-refractivity contribution is 5.76. The predicted molar refractivity (Wildman–Crippen MR) is 153 cm³/mol. The van der Waals surface area contributed by atoms with E-state index in [0.29, 0.717) is 12.0 Å². The number of hydrogen-bond acceptors (Lipinski definition) is 4. The quantitative estimate of drug-likeness (QED) is 0.174. The zero-order valence-electron chi connectivity index (χ0n) is 22.4. The molecule has 1 fully saturated rings. The molecule has 0 spiro atoms. The Morgan fingerprint density at radius 1 is 0.649 bits per heavy atom. The molecule has 0 aliphatic carbocycles. The highest BCUT2D eigenvalue weighted by atomic mass is 16.5. The largest absolute Gasteiger partial charge is 0.381 e. The molecule has 0 N–H and O–H groups in total. The van der Waals surface area contributed by atoms with Crippen molar-refractivity contribution in [2.24, 2.45) is 5.41 Å². The fourth-order valence-electron chi connectivity index (χ4n) is 4.72. The average Bonchev–Trinajstić information content (AvgIpc) is 2.93. The third kappa shape index (κ3) is 8.43. The van der Waals surface area contributed by atoms with Gasteiger partial charge in [-0.2, -0.15) is 0 Å². The van der Waals surface area contributed by atoms with E-state index in [4.69, 9.17) is 14.2 Å². The fraction of sp³-hybridized carbons (Fsp3) is 0.455. The van der Waals surface area contributed by atoms with E-state index in [1.54, 1.807) is 0 Å². The molecule has 4 rings (SSSR count). The Balaban J connectivity index is 1.09. The van der Waals surface area contributed by atoms with Crippen molar-refractivity contribution in [2.45, 2.75) is 58.5 Å². The van der Waals surface area contributed by atoms with Crippen LogP contribution in [-0.4, -0.2) is 33.0 Å². The summed E-state index contributed by atoms with van der Waals surface area (Å²) in [7, 11) is 0. The van der Waals surface area contributed by atoms with Crippen molar-refractivity contribution in [3.05, 3.63) is 90.5 Å². The first kappa shape index (κ1) is 27.4. The van der Waals surface area contributed by atoms with Gasteiger partial charge in [-0.1, -0.05) is 81.1 Å². The van der Waals surface area contributed by atoms with Crippen molar-refractivity contribution in [3.8, 4) is 0 Å².